The lowest BCUT2D eigenvalue weighted by molar-refractivity contribution is -0.171. The van der Waals surface area contributed by atoms with Crippen molar-refractivity contribution in [2.45, 2.75) is 51.1 Å². The molecule has 0 bridgehead atoms. The van der Waals surface area contributed by atoms with Gasteiger partial charge in [-0.3, -0.25) is 0 Å². The van der Waals surface area contributed by atoms with E-state index in [1.54, 1.807) is 0 Å². The summed E-state index contributed by atoms with van der Waals surface area (Å²) >= 11 is 0. The van der Waals surface area contributed by atoms with Crippen molar-refractivity contribution >= 4 is 0 Å². The first kappa shape index (κ1) is 12.7. The van der Waals surface area contributed by atoms with Crippen molar-refractivity contribution in [3.8, 4) is 0 Å². The molecule has 1 fully saturated rings. The van der Waals surface area contributed by atoms with Crippen LogP contribution in [0.3, 0.4) is 0 Å². The van der Waals surface area contributed by atoms with Crippen LogP contribution in [-0.2, 0) is 4.74 Å². The van der Waals surface area contributed by atoms with E-state index in [0.29, 0.717) is 25.7 Å². The second-order valence-corrected chi connectivity index (χ2v) is 4.21. The van der Waals surface area contributed by atoms with Gasteiger partial charge in [0.15, 0.2) is 0 Å². The summed E-state index contributed by atoms with van der Waals surface area (Å²) in [6.45, 7) is 1.33. The fourth-order valence-electron chi connectivity index (χ4n) is 1.40. The molecule has 2 atom stereocenters. The summed E-state index contributed by atoms with van der Waals surface area (Å²) in [5.41, 5.74) is 0. The Morgan fingerprint density at radius 3 is 2.33 bits per heavy atom. The monoisotopic (exact) mass is 228 g/mol. The highest BCUT2D eigenvalue weighted by molar-refractivity contribution is 4.79. The topological polar surface area (TPSA) is 12.5 Å². The van der Waals surface area contributed by atoms with Crippen molar-refractivity contribution in [1.29, 1.82) is 0 Å². The Balaban J connectivity index is 1.97. The molecule has 5 heteroatoms. The van der Waals surface area contributed by atoms with Crippen LogP contribution in [-0.4, -0.2) is 18.6 Å². The van der Waals surface area contributed by atoms with Crippen LogP contribution in [0.5, 0.6) is 0 Å². The Labute approximate surface area is 86.8 Å². The van der Waals surface area contributed by atoms with Gasteiger partial charge in [0.25, 0.3) is 0 Å². The lowest BCUT2D eigenvalue weighted by Gasteiger charge is -2.14. The predicted molar refractivity (Wildman–Crippen MR) is 48.1 cm³/mol. The average Bonchev–Trinajstić information content (AvgIpc) is 2.81. The normalized spacial score (nSPS) is 27.8. The average molecular weight is 228 g/mol. The summed E-state index contributed by atoms with van der Waals surface area (Å²) in [6.07, 6.45) is -1.93. The van der Waals surface area contributed by atoms with E-state index >= 15 is 0 Å². The van der Waals surface area contributed by atoms with Gasteiger partial charge in [0.05, 0.1) is 5.92 Å². The van der Waals surface area contributed by atoms with E-state index in [0.717, 1.165) is 0 Å². The number of epoxide rings is 1. The minimum atomic E-state index is -4.10. The standard InChI is InChI=1S/C10H16F4O/c1-8(10(12,13)14)5-3-2-4-6-9(11)7-15-9/h8H,2-7H2,1H3. The highest BCUT2D eigenvalue weighted by Gasteiger charge is 2.44. The molecule has 0 aromatic rings. The quantitative estimate of drug-likeness (QED) is 0.382. The molecule has 1 aliphatic heterocycles. The summed E-state index contributed by atoms with van der Waals surface area (Å²) in [5.74, 6) is -2.70. The minimum Gasteiger partial charge on any atom is -0.338 e. The molecule has 15 heavy (non-hydrogen) atoms. The molecule has 1 heterocycles. The van der Waals surface area contributed by atoms with Gasteiger partial charge in [-0.15, -0.1) is 0 Å². The minimum absolute atomic E-state index is 0.129. The fraction of sp³-hybridized carbons (Fsp3) is 1.00. The largest absolute Gasteiger partial charge is 0.391 e. The third-order valence-corrected chi connectivity index (χ3v) is 2.70. The molecule has 0 aliphatic carbocycles. The summed E-state index contributed by atoms with van der Waals surface area (Å²) in [7, 11) is 0. The van der Waals surface area contributed by atoms with Gasteiger partial charge >= 0.3 is 6.18 Å². The van der Waals surface area contributed by atoms with Crippen LogP contribution < -0.4 is 0 Å². The van der Waals surface area contributed by atoms with E-state index in [1.165, 1.54) is 6.92 Å². The Morgan fingerprint density at radius 2 is 1.87 bits per heavy atom. The Bertz CT molecular complexity index is 198. The maximum atomic E-state index is 12.9. The SMILES string of the molecule is CC(CCCCCC1(F)CO1)C(F)(F)F. The number of halogens is 4. The molecule has 0 amide bonds. The molecule has 2 unspecified atom stereocenters. The van der Waals surface area contributed by atoms with Crippen molar-refractivity contribution in [2.24, 2.45) is 5.92 Å². The van der Waals surface area contributed by atoms with Crippen LogP contribution in [0.4, 0.5) is 17.6 Å². The van der Waals surface area contributed by atoms with Gasteiger partial charge in [-0.1, -0.05) is 19.8 Å². The van der Waals surface area contributed by atoms with Gasteiger partial charge < -0.3 is 4.74 Å². The van der Waals surface area contributed by atoms with Gasteiger partial charge in [-0.25, -0.2) is 4.39 Å². The molecule has 0 saturated carbocycles. The first-order chi connectivity index (χ1) is 6.83. The van der Waals surface area contributed by atoms with Gasteiger partial charge in [0.1, 0.15) is 6.61 Å². The highest BCUT2D eigenvalue weighted by Crippen LogP contribution is 2.35. The number of rotatable bonds is 6. The fourth-order valence-corrected chi connectivity index (χ4v) is 1.40. The van der Waals surface area contributed by atoms with E-state index in [2.05, 4.69) is 4.74 Å². The Kier molecular flexibility index (Phi) is 3.98. The van der Waals surface area contributed by atoms with Crippen LogP contribution in [0, 0.1) is 5.92 Å². The Morgan fingerprint density at radius 1 is 1.27 bits per heavy atom. The van der Waals surface area contributed by atoms with Gasteiger partial charge in [-0.2, -0.15) is 13.2 Å². The zero-order valence-electron chi connectivity index (χ0n) is 8.74. The molecule has 90 valence electrons. The van der Waals surface area contributed by atoms with Crippen LogP contribution >= 0.6 is 0 Å². The second kappa shape index (κ2) is 4.68. The zero-order chi connectivity index (χ0) is 11.5. The van der Waals surface area contributed by atoms with E-state index in [9.17, 15) is 17.6 Å². The van der Waals surface area contributed by atoms with Crippen LogP contribution in [0.25, 0.3) is 0 Å². The molecular weight excluding hydrogens is 212 g/mol. The van der Waals surface area contributed by atoms with Crippen LogP contribution in [0.15, 0.2) is 0 Å². The predicted octanol–water partition coefficient (Wildman–Crippen LogP) is 3.83. The number of unbranched alkanes of at least 4 members (excludes halogenated alkanes) is 2. The molecular formula is C10H16F4O. The lowest BCUT2D eigenvalue weighted by Crippen LogP contribution is -2.19. The van der Waals surface area contributed by atoms with Gasteiger partial charge in [0, 0.05) is 6.42 Å². The molecule has 0 aromatic heterocycles. The second-order valence-electron chi connectivity index (χ2n) is 4.21. The van der Waals surface area contributed by atoms with E-state index < -0.39 is 17.9 Å². The summed E-state index contributed by atoms with van der Waals surface area (Å²) in [5, 5.41) is 0. The van der Waals surface area contributed by atoms with Crippen molar-refractivity contribution in [1.82, 2.24) is 0 Å². The Hall–Kier alpha value is -0.320. The molecule has 0 radical (unpaired) electrons. The van der Waals surface area contributed by atoms with Crippen LogP contribution in [0.2, 0.25) is 0 Å². The summed E-state index contributed by atoms with van der Waals surface area (Å²) in [6, 6.07) is 0. The van der Waals surface area contributed by atoms with Crippen molar-refractivity contribution in [3.05, 3.63) is 0 Å². The van der Waals surface area contributed by atoms with Crippen molar-refractivity contribution in [3.63, 3.8) is 0 Å². The lowest BCUT2D eigenvalue weighted by atomic mass is 10.0. The smallest absolute Gasteiger partial charge is 0.338 e. The zero-order valence-corrected chi connectivity index (χ0v) is 8.74. The maximum absolute atomic E-state index is 12.9. The number of alkyl halides is 4. The van der Waals surface area contributed by atoms with E-state index in [-0.39, 0.29) is 13.0 Å². The molecule has 1 rings (SSSR count). The molecule has 0 spiro atoms. The first-order valence-electron chi connectivity index (χ1n) is 5.23. The molecule has 0 N–H and O–H groups in total. The highest BCUT2D eigenvalue weighted by atomic mass is 19.4. The molecule has 1 saturated heterocycles. The van der Waals surface area contributed by atoms with Gasteiger partial charge in [-0.05, 0) is 12.8 Å². The molecule has 1 aliphatic rings. The maximum Gasteiger partial charge on any atom is 0.391 e. The number of hydrogen-bond donors (Lipinski definition) is 0. The molecule has 1 nitrogen and oxygen atoms in total. The van der Waals surface area contributed by atoms with Crippen molar-refractivity contribution < 1.29 is 22.3 Å². The first-order valence-corrected chi connectivity index (χ1v) is 5.23. The summed E-state index contributed by atoms with van der Waals surface area (Å²) < 4.78 is 53.6. The number of ether oxygens (including phenoxy) is 1. The van der Waals surface area contributed by atoms with Crippen LogP contribution in [0.1, 0.15) is 39.0 Å². The number of hydrogen-bond acceptors (Lipinski definition) is 1. The van der Waals surface area contributed by atoms with E-state index in [4.69, 9.17) is 0 Å². The third kappa shape index (κ3) is 4.82. The van der Waals surface area contributed by atoms with Crippen molar-refractivity contribution in [2.75, 3.05) is 6.61 Å². The molecule has 0 aromatic carbocycles. The third-order valence-electron chi connectivity index (χ3n) is 2.70. The summed E-state index contributed by atoms with van der Waals surface area (Å²) in [4.78, 5) is 0. The van der Waals surface area contributed by atoms with Gasteiger partial charge in [0.2, 0.25) is 5.85 Å². The van der Waals surface area contributed by atoms with E-state index in [1.807, 2.05) is 0 Å².